The summed E-state index contributed by atoms with van der Waals surface area (Å²) in [5.74, 6) is 0. The number of hydrogen-bond acceptors (Lipinski definition) is 2. The maximum absolute atomic E-state index is 4.58. The average Bonchev–Trinajstić information content (AvgIpc) is 1.86. The zero-order valence-corrected chi connectivity index (χ0v) is 3.83. The van der Waals surface area contributed by atoms with Gasteiger partial charge in [0.15, 0.2) is 0 Å². The second-order valence-corrected chi connectivity index (χ2v) is 1.28. The number of hydrogen-bond donors (Lipinski definition) is 1. The molecule has 1 heterocycles. The summed E-state index contributed by atoms with van der Waals surface area (Å²) in [6.07, 6.45) is 3.32. The number of aromatic nitrogens is 2. The monoisotopic (exact) mass is 99.0 g/mol. The van der Waals surface area contributed by atoms with Gasteiger partial charge in [0, 0.05) is 12.4 Å². The van der Waals surface area contributed by atoms with Crippen LogP contribution in [-0.2, 0) is 12.6 Å². The summed E-state index contributed by atoms with van der Waals surface area (Å²) in [4.78, 5) is 6.38. The highest BCUT2D eigenvalue weighted by Gasteiger charge is 1.63. The van der Waals surface area contributed by atoms with Gasteiger partial charge in [0.1, 0.15) is 0 Å². The van der Waals surface area contributed by atoms with Crippen molar-refractivity contribution in [3.05, 3.63) is 12.4 Å². The Morgan fingerprint density at radius 2 is 2.67 bits per heavy atom. The first-order chi connectivity index (χ1) is 2.89. The van der Waals surface area contributed by atoms with E-state index in [0.29, 0.717) is 5.16 Å². The Kier molecular flexibility index (Phi) is 0.759. The van der Waals surface area contributed by atoms with Crippen molar-refractivity contribution in [3.63, 3.8) is 0 Å². The van der Waals surface area contributed by atoms with Crippen LogP contribution in [-0.4, -0.2) is 9.97 Å². The van der Waals surface area contributed by atoms with E-state index < -0.39 is 0 Å². The molecule has 1 N–H and O–H groups in total. The molecule has 0 atom stereocenters. The normalized spacial score (nSPS) is 8.67. The zero-order chi connectivity index (χ0) is 4.41. The summed E-state index contributed by atoms with van der Waals surface area (Å²) < 4.78 is 0. The highest BCUT2D eigenvalue weighted by molar-refractivity contribution is 7.58. The van der Waals surface area contributed by atoms with Crippen molar-refractivity contribution in [1.29, 1.82) is 0 Å². The van der Waals surface area contributed by atoms with Gasteiger partial charge in [-0.2, -0.15) is 0 Å². The molecule has 0 aliphatic heterocycles. The largest absolute Gasteiger partial charge is 0.742 e. The van der Waals surface area contributed by atoms with Crippen molar-refractivity contribution >= 4 is 12.6 Å². The van der Waals surface area contributed by atoms with Gasteiger partial charge in [0.25, 0.3) is 0 Å². The standard InChI is InChI=1S/C3H4N2S/c6-3-4-1-2-5-3/h1-2H,(H2,4,5,6)/p-1. The molecule has 0 aliphatic carbocycles. The molecule has 0 aromatic carbocycles. The maximum Gasteiger partial charge on any atom is 0.0427 e. The van der Waals surface area contributed by atoms with E-state index in [0.717, 1.165) is 0 Å². The Balaban J connectivity index is 3.05. The van der Waals surface area contributed by atoms with Crippen LogP contribution >= 0.6 is 0 Å². The summed E-state index contributed by atoms with van der Waals surface area (Å²) in [5, 5.41) is 0.551. The van der Waals surface area contributed by atoms with Gasteiger partial charge in [-0.05, 0) is 5.16 Å². The van der Waals surface area contributed by atoms with E-state index in [2.05, 4.69) is 22.6 Å². The van der Waals surface area contributed by atoms with Gasteiger partial charge in [-0.3, -0.25) is 4.98 Å². The highest BCUT2D eigenvalue weighted by atomic mass is 32.1. The van der Waals surface area contributed by atoms with Gasteiger partial charge in [-0.1, -0.05) is 0 Å². The fourth-order valence-corrected chi connectivity index (χ4v) is 0.380. The summed E-state index contributed by atoms with van der Waals surface area (Å²) in [5.41, 5.74) is 0. The Bertz CT molecular complexity index is 112. The number of nitrogens with zero attached hydrogens (tertiary/aromatic N) is 1. The van der Waals surface area contributed by atoms with E-state index in [4.69, 9.17) is 0 Å². The first kappa shape index (κ1) is 3.61. The molecule has 0 aliphatic rings. The van der Waals surface area contributed by atoms with Gasteiger partial charge >= 0.3 is 0 Å². The number of imidazole rings is 1. The van der Waals surface area contributed by atoms with Gasteiger partial charge in [-0.15, -0.1) is 0 Å². The number of H-pyrrole nitrogens is 1. The molecule has 0 bridgehead atoms. The lowest BCUT2D eigenvalue weighted by Gasteiger charge is -1.89. The minimum Gasteiger partial charge on any atom is -0.742 e. The molecule has 1 aromatic rings. The van der Waals surface area contributed by atoms with Crippen molar-refractivity contribution in [1.82, 2.24) is 9.97 Å². The summed E-state index contributed by atoms with van der Waals surface area (Å²) in [7, 11) is 0. The number of aromatic amines is 1. The van der Waals surface area contributed by atoms with Crippen LogP contribution in [0.25, 0.3) is 0 Å². The molecule has 0 amide bonds. The number of nitrogens with one attached hydrogen (secondary N) is 1. The lowest BCUT2D eigenvalue weighted by Crippen LogP contribution is -1.65. The second kappa shape index (κ2) is 1.26. The third kappa shape index (κ3) is 0.490. The zero-order valence-electron chi connectivity index (χ0n) is 3.01. The predicted molar refractivity (Wildman–Crippen MR) is 24.2 cm³/mol. The van der Waals surface area contributed by atoms with E-state index in [-0.39, 0.29) is 0 Å². The lowest BCUT2D eigenvalue weighted by atomic mass is 11.0. The molecule has 1 rings (SSSR count). The molecule has 1 aromatic heterocycles. The van der Waals surface area contributed by atoms with Crippen molar-refractivity contribution in [2.45, 2.75) is 5.16 Å². The molecule has 0 saturated carbocycles. The predicted octanol–water partition coefficient (Wildman–Crippen LogP) is 0.315. The SMILES string of the molecule is [S-]c1ncc[nH]1. The molecule has 0 unspecified atom stereocenters. The fourth-order valence-electron chi connectivity index (χ4n) is 0.251. The molecule has 0 spiro atoms. The summed E-state index contributed by atoms with van der Waals surface area (Å²) in [6, 6.07) is 0. The van der Waals surface area contributed by atoms with Crippen LogP contribution in [0.2, 0.25) is 0 Å². The van der Waals surface area contributed by atoms with Crippen molar-refractivity contribution in [2.24, 2.45) is 0 Å². The van der Waals surface area contributed by atoms with Crippen LogP contribution in [0.1, 0.15) is 0 Å². The third-order valence-electron chi connectivity index (χ3n) is 0.473. The minimum atomic E-state index is 0.551. The minimum absolute atomic E-state index is 0.551. The van der Waals surface area contributed by atoms with Gasteiger partial charge in [0.05, 0.1) is 0 Å². The van der Waals surface area contributed by atoms with Crippen molar-refractivity contribution < 1.29 is 0 Å². The van der Waals surface area contributed by atoms with Crippen LogP contribution in [0, 0.1) is 0 Å². The van der Waals surface area contributed by atoms with Crippen molar-refractivity contribution in [2.75, 3.05) is 0 Å². The van der Waals surface area contributed by atoms with Crippen LogP contribution in [0.3, 0.4) is 0 Å². The molecule has 32 valence electrons. The molecule has 0 radical (unpaired) electrons. The summed E-state index contributed by atoms with van der Waals surface area (Å²) in [6.45, 7) is 0. The Labute approximate surface area is 41.0 Å². The Hall–Kier alpha value is -0.570. The quantitative estimate of drug-likeness (QED) is 0.474. The highest BCUT2D eigenvalue weighted by Crippen LogP contribution is 1.79. The van der Waals surface area contributed by atoms with Crippen LogP contribution < -0.4 is 0 Å². The molecular weight excluding hydrogens is 96.1 g/mol. The molecule has 2 nitrogen and oxygen atoms in total. The van der Waals surface area contributed by atoms with Crippen LogP contribution in [0.4, 0.5) is 0 Å². The lowest BCUT2D eigenvalue weighted by molar-refractivity contribution is 1.07. The Morgan fingerprint density at radius 1 is 1.83 bits per heavy atom. The summed E-state index contributed by atoms with van der Waals surface area (Å²) >= 11 is 4.58. The first-order valence-electron chi connectivity index (χ1n) is 1.56. The first-order valence-corrected chi connectivity index (χ1v) is 1.97. The molecule has 0 fully saturated rings. The molecular formula is C3H3N2S-. The maximum atomic E-state index is 4.58. The van der Waals surface area contributed by atoms with Gasteiger partial charge < -0.3 is 17.6 Å². The van der Waals surface area contributed by atoms with Crippen molar-refractivity contribution in [3.8, 4) is 0 Å². The smallest absolute Gasteiger partial charge is 0.0427 e. The third-order valence-corrected chi connectivity index (χ3v) is 0.696. The van der Waals surface area contributed by atoms with E-state index >= 15 is 0 Å². The fraction of sp³-hybridized carbons (Fsp3) is 0. The van der Waals surface area contributed by atoms with Gasteiger partial charge in [0.2, 0.25) is 0 Å². The topological polar surface area (TPSA) is 28.7 Å². The second-order valence-electron chi connectivity index (χ2n) is 0.894. The van der Waals surface area contributed by atoms with E-state index in [9.17, 15) is 0 Å². The van der Waals surface area contributed by atoms with E-state index in [1.54, 1.807) is 12.4 Å². The average molecular weight is 99.1 g/mol. The molecule has 3 heteroatoms. The van der Waals surface area contributed by atoms with Crippen LogP contribution in [0.15, 0.2) is 17.6 Å². The van der Waals surface area contributed by atoms with E-state index in [1.807, 2.05) is 0 Å². The van der Waals surface area contributed by atoms with E-state index in [1.165, 1.54) is 0 Å². The molecule has 0 saturated heterocycles. The number of rotatable bonds is 0. The van der Waals surface area contributed by atoms with Crippen LogP contribution in [0.5, 0.6) is 0 Å². The Morgan fingerprint density at radius 3 is 2.83 bits per heavy atom. The van der Waals surface area contributed by atoms with Gasteiger partial charge in [-0.25, -0.2) is 0 Å². The molecule has 6 heavy (non-hydrogen) atoms.